The summed E-state index contributed by atoms with van der Waals surface area (Å²) in [5.74, 6) is 0.785. The van der Waals surface area contributed by atoms with Gasteiger partial charge in [0.05, 0.1) is 5.69 Å². The molecule has 0 saturated carbocycles. The molecule has 0 fully saturated rings. The molecule has 3 aromatic rings. The Morgan fingerprint density at radius 2 is 2.16 bits per heavy atom. The summed E-state index contributed by atoms with van der Waals surface area (Å²) in [7, 11) is 0. The lowest BCUT2D eigenvalue weighted by molar-refractivity contribution is 0.561. The van der Waals surface area contributed by atoms with Crippen LogP contribution in [0.2, 0.25) is 5.02 Å². The molecule has 0 spiro atoms. The minimum absolute atomic E-state index is 0.209. The number of nitrogens with zero attached hydrogens (tertiary/aromatic N) is 1. The predicted octanol–water partition coefficient (Wildman–Crippen LogP) is 3.07. The molecule has 0 aliphatic carbocycles. The van der Waals surface area contributed by atoms with Gasteiger partial charge in [-0.25, -0.2) is 5.10 Å². The Bertz CT molecular complexity index is 805. The van der Waals surface area contributed by atoms with Gasteiger partial charge in [0.2, 0.25) is 0 Å². The fourth-order valence-electron chi connectivity index (χ4n) is 2.03. The molecule has 0 radical (unpaired) electrons. The van der Waals surface area contributed by atoms with Gasteiger partial charge < -0.3 is 4.42 Å². The number of rotatable bonds is 2. The zero-order valence-electron chi connectivity index (χ0n) is 10.2. The highest BCUT2D eigenvalue weighted by Crippen LogP contribution is 2.24. The van der Waals surface area contributed by atoms with Crippen LogP contribution in [0.15, 0.2) is 39.5 Å². The van der Waals surface area contributed by atoms with Crippen LogP contribution in [0.3, 0.4) is 0 Å². The highest BCUT2D eigenvalue weighted by atomic mass is 35.5. The summed E-state index contributed by atoms with van der Waals surface area (Å²) in [5, 5.41) is 7.98. The Kier molecular flexibility index (Phi) is 2.87. The molecule has 0 unspecified atom stereocenters. The summed E-state index contributed by atoms with van der Waals surface area (Å²) >= 11 is 5.94. The number of aryl methyl sites for hydroxylation is 1. The van der Waals surface area contributed by atoms with E-state index in [1.807, 2.05) is 25.1 Å². The van der Waals surface area contributed by atoms with Gasteiger partial charge >= 0.3 is 0 Å². The van der Waals surface area contributed by atoms with Gasteiger partial charge in [-0.05, 0) is 36.8 Å². The topological polar surface area (TPSA) is 58.9 Å². The number of fused-ring (bicyclic) bond motifs is 1. The molecule has 96 valence electrons. The Balaban J connectivity index is 2.01. The first-order chi connectivity index (χ1) is 9.11. The van der Waals surface area contributed by atoms with Crippen LogP contribution < -0.4 is 5.56 Å². The van der Waals surface area contributed by atoms with E-state index < -0.39 is 0 Å². The van der Waals surface area contributed by atoms with Gasteiger partial charge in [-0.1, -0.05) is 11.6 Å². The SMILES string of the molecule is Cc1n[nH]c(=O)cc1Cc1cc2cc(Cl)ccc2o1. The van der Waals surface area contributed by atoms with Crippen LogP contribution in [0.5, 0.6) is 0 Å². The van der Waals surface area contributed by atoms with Gasteiger partial charge in [0.1, 0.15) is 11.3 Å². The molecule has 0 atom stereocenters. The van der Waals surface area contributed by atoms with Crippen molar-refractivity contribution < 1.29 is 4.42 Å². The summed E-state index contributed by atoms with van der Waals surface area (Å²) in [6, 6.07) is 8.96. The highest BCUT2D eigenvalue weighted by molar-refractivity contribution is 6.31. The van der Waals surface area contributed by atoms with Crippen LogP contribution in [0.4, 0.5) is 0 Å². The maximum absolute atomic E-state index is 11.3. The number of hydrogen-bond acceptors (Lipinski definition) is 3. The molecule has 2 heterocycles. The van der Waals surface area contributed by atoms with Gasteiger partial charge in [-0.15, -0.1) is 0 Å². The number of benzene rings is 1. The maximum atomic E-state index is 11.3. The summed E-state index contributed by atoms with van der Waals surface area (Å²) in [6.07, 6.45) is 0.537. The minimum Gasteiger partial charge on any atom is -0.461 e. The molecule has 5 heteroatoms. The monoisotopic (exact) mass is 274 g/mol. The molecular formula is C14H11ClN2O2. The number of hydrogen-bond donors (Lipinski definition) is 1. The van der Waals surface area contributed by atoms with Crippen molar-refractivity contribution >= 4 is 22.6 Å². The van der Waals surface area contributed by atoms with E-state index in [-0.39, 0.29) is 5.56 Å². The molecule has 1 N–H and O–H groups in total. The molecule has 19 heavy (non-hydrogen) atoms. The third-order valence-electron chi connectivity index (χ3n) is 3.00. The normalized spacial score (nSPS) is 11.1. The molecule has 4 nitrogen and oxygen atoms in total. The standard InChI is InChI=1S/C14H11ClN2O2/c1-8-9(7-14(18)17-16-8)5-12-6-10-4-11(15)2-3-13(10)19-12/h2-4,6-7H,5H2,1H3,(H,17,18). The minimum atomic E-state index is -0.209. The highest BCUT2D eigenvalue weighted by Gasteiger charge is 2.08. The van der Waals surface area contributed by atoms with Crippen molar-refractivity contribution in [2.24, 2.45) is 0 Å². The fraction of sp³-hybridized carbons (Fsp3) is 0.143. The maximum Gasteiger partial charge on any atom is 0.264 e. The lowest BCUT2D eigenvalue weighted by atomic mass is 10.1. The van der Waals surface area contributed by atoms with Crippen molar-refractivity contribution in [3.63, 3.8) is 0 Å². The Morgan fingerprint density at radius 3 is 3.00 bits per heavy atom. The van der Waals surface area contributed by atoms with E-state index in [1.165, 1.54) is 0 Å². The second-order valence-corrected chi connectivity index (χ2v) is 4.85. The van der Waals surface area contributed by atoms with Crippen LogP contribution in [-0.2, 0) is 6.42 Å². The number of H-pyrrole nitrogens is 1. The smallest absolute Gasteiger partial charge is 0.264 e. The van der Waals surface area contributed by atoms with Crippen molar-refractivity contribution in [1.29, 1.82) is 0 Å². The molecular weight excluding hydrogens is 264 g/mol. The molecule has 2 aromatic heterocycles. The van der Waals surface area contributed by atoms with E-state index in [0.717, 1.165) is 28.0 Å². The van der Waals surface area contributed by atoms with Gasteiger partial charge in [0, 0.05) is 22.9 Å². The largest absolute Gasteiger partial charge is 0.461 e. The number of nitrogens with one attached hydrogen (secondary N) is 1. The number of aromatic amines is 1. The van der Waals surface area contributed by atoms with Crippen LogP contribution in [-0.4, -0.2) is 10.2 Å². The van der Waals surface area contributed by atoms with Crippen molar-refractivity contribution in [3.05, 3.63) is 62.7 Å². The van der Waals surface area contributed by atoms with E-state index in [1.54, 1.807) is 12.1 Å². The van der Waals surface area contributed by atoms with Gasteiger partial charge in [0.15, 0.2) is 0 Å². The van der Waals surface area contributed by atoms with Crippen molar-refractivity contribution in [1.82, 2.24) is 10.2 Å². The van der Waals surface area contributed by atoms with Crippen LogP contribution in [0.1, 0.15) is 17.0 Å². The predicted molar refractivity (Wildman–Crippen MR) is 73.6 cm³/mol. The lowest BCUT2D eigenvalue weighted by Crippen LogP contribution is -2.10. The third kappa shape index (κ3) is 2.39. The summed E-state index contributed by atoms with van der Waals surface area (Å²) in [5.41, 5.74) is 2.22. The summed E-state index contributed by atoms with van der Waals surface area (Å²) in [6.45, 7) is 1.85. The van der Waals surface area contributed by atoms with E-state index in [0.29, 0.717) is 11.4 Å². The summed E-state index contributed by atoms with van der Waals surface area (Å²) in [4.78, 5) is 11.3. The Labute approximate surface area is 114 Å². The summed E-state index contributed by atoms with van der Waals surface area (Å²) < 4.78 is 5.72. The zero-order valence-corrected chi connectivity index (χ0v) is 11.0. The first-order valence-corrected chi connectivity index (χ1v) is 6.23. The molecule has 0 amide bonds. The molecule has 0 aliphatic heterocycles. The molecule has 3 rings (SSSR count). The van der Waals surface area contributed by atoms with Crippen molar-refractivity contribution in [2.75, 3.05) is 0 Å². The van der Waals surface area contributed by atoms with Gasteiger partial charge in [0.25, 0.3) is 5.56 Å². The molecule has 0 bridgehead atoms. The van der Waals surface area contributed by atoms with E-state index >= 15 is 0 Å². The zero-order chi connectivity index (χ0) is 13.4. The van der Waals surface area contributed by atoms with Crippen molar-refractivity contribution in [2.45, 2.75) is 13.3 Å². The first kappa shape index (κ1) is 12.0. The van der Waals surface area contributed by atoms with E-state index in [2.05, 4.69) is 10.2 Å². The second-order valence-electron chi connectivity index (χ2n) is 4.41. The molecule has 0 saturated heterocycles. The lowest BCUT2D eigenvalue weighted by Gasteiger charge is -2.00. The Morgan fingerprint density at radius 1 is 1.32 bits per heavy atom. The second kappa shape index (κ2) is 4.55. The van der Waals surface area contributed by atoms with Gasteiger partial charge in [-0.3, -0.25) is 4.79 Å². The number of furan rings is 1. The van der Waals surface area contributed by atoms with Crippen LogP contribution in [0.25, 0.3) is 11.0 Å². The average Bonchev–Trinajstić information content (AvgIpc) is 2.75. The third-order valence-corrected chi connectivity index (χ3v) is 3.23. The first-order valence-electron chi connectivity index (χ1n) is 5.85. The molecule has 0 aliphatic rings. The van der Waals surface area contributed by atoms with Crippen molar-refractivity contribution in [3.8, 4) is 0 Å². The Hall–Kier alpha value is -2.07. The average molecular weight is 275 g/mol. The van der Waals surface area contributed by atoms with Crippen LogP contribution >= 0.6 is 11.6 Å². The quantitative estimate of drug-likeness (QED) is 0.781. The molecule has 1 aromatic carbocycles. The fourth-order valence-corrected chi connectivity index (χ4v) is 2.21. The van der Waals surface area contributed by atoms with Crippen LogP contribution in [0, 0.1) is 6.92 Å². The number of halogens is 1. The number of aromatic nitrogens is 2. The van der Waals surface area contributed by atoms with E-state index in [9.17, 15) is 4.79 Å². The van der Waals surface area contributed by atoms with E-state index in [4.69, 9.17) is 16.0 Å². The van der Waals surface area contributed by atoms with Gasteiger partial charge in [-0.2, -0.15) is 5.10 Å².